The summed E-state index contributed by atoms with van der Waals surface area (Å²) in [4.78, 5) is 26.5. The number of amides is 1. The fourth-order valence-electron chi connectivity index (χ4n) is 4.12. The van der Waals surface area contributed by atoms with E-state index in [1.807, 2.05) is 42.5 Å². The molecule has 0 unspecified atom stereocenters. The maximum absolute atomic E-state index is 13.3. The number of hydrogen-bond donors (Lipinski definition) is 2. The van der Waals surface area contributed by atoms with Crippen LogP contribution in [0.2, 0.25) is 0 Å². The van der Waals surface area contributed by atoms with Gasteiger partial charge in [-0.1, -0.05) is 48.5 Å². The zero-order valence-corrected chi connectivity index (χ0v) is 17.6. The molecule has 0 spiro atoms. The number of carbonyl (C=O) groups excluding carboxylic acids is 1. The Morgan fingerprint density at radius 2 is 1.69 bits per heavy atom. The van der Waals surface area contributed by atoms with Crippen LogP contribution >= 0.6 is 0 Å². The van der Waals surface area contributed by atoms with E-state index in [0.29, 0.717) is 19.0 Å². The maximum atomic E-state index is 13.3. The average Bonchev–Trinajstić information content (AvgIpc) is 3.23. The van der Waals surface area contributed by atoms with Gasteiger partial charge in [0.1, 0.15) is 0 Å². The van der Waals surface area contributed by atoms with Gasteiger partial charge >= 0.3 is 0 Å². The number of para-hydroxylation sites is 1. The minimum atomic E-state index is -0.0726. The van der Waals surface area contributed by atoms with E-state index < -0.39 is 0 Å². The van der Waals surface area contributed by atoms with Gasteiger partial charge < -0.3 is 10.6 Å². The first kappa shape index (κ1) is 19.9. The molecule has 6 nitrogen and oxygen atoms in total. The summed E-state index contributed by atoms with van der Waals surface area (Å²) < 4.78 is 0. The van der Waals surface area contributed by atoms with Gasteiger partial charge in [0.05, 0.1) is 16.8 Å². The highest BCUT2D eigenvalue weighted by Crippen LogP contribution is 2.37. The summed E-state index contributed by atoms with van der Waals surface area (Å²) in [6.07, 6.45) is 7.23. The first-order valence-corrected chi connectivity index (χ1v) is 10.8. The summed E-state index contributed by atoms with van der Waals surface area (Å²) in [5.74, 6) is 0.476. The van der Waals surface area contributed by atoms with Crippen molar-refractivity contribution in [1.82, 2.24) is 20.3 Å². The van der Waals surface area contributed by atoms with E-state index >= 15 is 0 Å². The Balaban J connectivity index is 1.42. The first-order chi connectivity index (χ1) is 15.8. The molecule has 4 aromatic rings. The van der Waals surface area contributed by atoms with Gasteiger partial charge in [0.25, 0.3) is 5.91 Å². The molecule has 0 aliphatic heterocycles. The van der Waals surface area contributed by atoms with Crippen molar-refractivity contribution in [2.24, 2.45) is 0 Å². The number of carbonyl (C=O) groups is 1. The quantitative estimate of drug-likeness (QED) is 0.453. The minimum Gasteiger partial charge on any atom is -0.352 e. The van der Waals surface area contributed by atoms with E-state index in [9.17, 15) is 4.79 Å². The Labute approximate surface area is 186 Å². The normalized spacial score (nSPS) is 13.8. The summed E-state index contributed by atoms with van der Waals surface area (Å²) in [7, 11) is 0. The van der Waals surface area contributed by atoms with Gasteiger partial charge in [0.2, 0.25) is 5.95 Å². The Morgan fingerprint density at radius 3 is 2.53 bits per heavy atom. The summed E-state index contributed by atoms with van der Waals surface area (Å²) in [5, 5.41) is 7.06. The maximum Gasteiger partial charge on any atom is 0.252 e. The van der Waals surface area contributed by atoms with Crippen LogP contribution in [0.5, 0.6) is 0 Å². The lowest BCUT2D eigenvalue weighted by Gasteiger charge is -2.13. The fraction of sp³-hybridized carbons (Fsp3) is 0.154. The molecule has 32 heavy (non-hydrogen) atoms. The first-order valence-electron chi connectivity index (χ1n) is 10.8. The number of allylic oxidation sites excluding steroid dienone is 1. The lowest BCUT2D eigenvalue weighted by atomic mass is 10.00. The molecule has 2 heterocycles. The van der Waals surface area contributed by atoms with E-state index in [0.717, 1.165) is 46.1 Å². The zero-order chi connectivity index (χ0) is 21.8. The standard InChI is InChI=1S/C26H23N5O/c32-25(27-15-16-30-26-28-13-6-14-29-26)23-20-9-4-5-10-22(20)31-24-19(11-12-21(23)24)17-18-7-2-1-3-8-18/h1-10,13-14,17H,11-12,15-16H2,(H,27,32)(H,28,29,30)/b19-17-. The van der Waals surface area contributed by atoms with Crippen LogP contribution in [0.1, 0.15) is 33.6 Å². The summed E-state index contributed by atoms with van der Waals surface area (Å²) in [6.45, 7) is 1.01. The van der Waals surface area contributed by atoms with Crippen molar-refractivity contribution in [3.63, 3.8) is 0 Å². The number of anilines is 1. The van der Waals surface area contributed by atoms with Crippen LogP contribution < -0.4 is 10.6 Å². The average molecular weight is 422 g/mol. The third-order valence-electron chi connectivity index (χ3n) is 5.57. The van der Waals surface area contributed by atoms with Gasteiger partial charge in [-0.2, -0.15) is 0 Å². The molecule has 0 fully saturated rings. The van der Waals surface area contributed by atoms with Gasteiger partial charge in [-0.05, 0) is 47.8 Å². The van der Waals surface area contributed by atoms with Gasteiger partial charge in [0.15, 0.2) is 0 Å². The minimum absolute atomic E-state index is 0.0726. The molecule has 0 radical (unpaired) electrons. The highest BCUT2D eigenvalue weighted by Gasteiger charge is 2.26. The number of fused-ring (bicyclic) bond motifs is 2. The van der Waals surface area contributed by atoms with Gasteiger partial charge in [0, 0.05) is 30.9 Å². The largest absolute Gasteiger partial charge is 0.352 e. The molecule has 0 bridgehead atoms. The lowest BCUT2D eigenvalue weighted by molar-refractivity contribution is 0.0956. The second-order valence-electron chi connectivity index (χ2n) is 7.67. The molecule has 1 aliphatic rings. The van der Waals surface area contributed by atoms with E-state index in [1.54, 1.807) is 18.5 Å². The topological polar surface area (TPSA) is 79.8 Å². The number of hydrogen-bond acceptors (Lipinski definition) is 5. The number of pyridine rings is 1. The lowest BCUT2D eigenvalue weighted by Crippen LogP contribution is -2.30. The van der Waals surface area contributed by atoms with Crippen LogP contribution in [-0.2, 0) is 6.42 Å². The highest BCUT2D eigenvalue weighted by molar-refractivity contribution is 6.09. The number of nitrogens with zero attached hydrogens (tertiary/aromatic N) is 3. The monoisotopic (exact) mass is 421 g/mol. The predicted molar refractivity (Wildman–Crippen MR) is 127 cm³/mol. The van der Waals surface area contributed by atoms with E-state index in [1.165, 1.54) is 5.57 Å². The van der Waals surface area contributed by atoms with Crippen LogP contribution in [0.25, 0.3) is 22.6 Å². The zero-order valence-electron chi connectivity index (χ0n) is 17.6. The van der Waals surface area contributed by atoms with Gasteiger partial charge in [-0.25, -0.2) is 15.0 Å². The Morgan fingerprint density at radius 1 is 0.906 bits per heavy atom. The van der Waals surface area contributed by atoms with Gasteiger partial charge in [-0.15, -0.1) is 0 Å². The van der Waals surface area contributed by atoms with Crippen LogP contribution in [0, 0.1) is 0 Å². The van der Waals surface area contributed by atoms with E-state index in [4.69, 9.17) is 4.98 Å². The van der Waals surface area contributed by atoms with Crippen molar-refractivity contribution >= 4 is 34.4 Å². The number of nitrogens with one attached hydrogen (secondary N) is 2. The molecule has 2 aromatic heterocycles. The number of aromatic nitrogens is 3. The molecule has 1 aliphatic carbocycles. The van der Waals surface area contributed by atoms with Crippen LogP contribution in [-0.4, -0.2) is 33.9 Å². The third kappa shape index (κ3) is 4.07. The molecule has 158 valence electrons. The van der Waals surface area contributed by atoms with Crippen molar-refractivity contribution in [3.8, 4) is 0 Å². The molecule has 1 amide bonds. The summed E-state index contributed by atoms with van der Waals surface area (Å²) >= 11 is 0. The third-order valence-corrected chi connectivity index (χ3v) is 5.57. The second kappa shape index (κ2) is 8.98. The molecule has 2 aromatic carbocycles. The molecule has 0 saturated heterocycles. The molecule has 0 atom stereocenters. The van der Waals surface area contributed by atoms with Gasteiger partial charge in [-0.3, -0.25) is 4.79 Å². The van der Waals surface area contributed by atoms with Crippen LogP contribution in [0.3, 0.4) is 0 Å². The van der Waals surface area contributed by atoms with Crippen molar-refractivity contribution in [2.75, 3.05) is 18.4 Å². The van der Waals surface area contributed by atoms with E-state index in [-0.39, 0.29) is 5.91 Å². The molecular formula is C26H23N5O. The van der Waals surface area contributed by atoms with Crippen molar-refractivity contribution < 1.29 is 4.79 Å². The van der Waals surface area contributed by atoms with Crippen molar-refractivity contribution in [2.45, 2.75) is 12.8 Å². The molecular weight excluding hydrogens is 398 g/mol. The summed E-state index contributed by atoms with van der Waals surface area (Å²) in [5.41, 5.74) is 5.86. The molecule has 6 heteroatoms. The summed E-state index contributed by atoms with van der Waals surface area (Å²) in [6, 6.07) is 19.9. The molecule has 2 N–H and O–H groups in total. The Hall–Kier alpha value is -4.06. The fourth-order valence-corrected chi connectivity index (χ4v) is 4.12. The van der Waals surface area contributed by atoms with Crippen molar-refractivity contribution in [1.29, 1.82) is 0 Å². The molecule has 5 rings (SSSR count). The Kier molecular flexibility index (Phi) is 5.58. The SMILES string of the molecule is O=C(NCCNc1ncccn1)c1c2c(nc3ccccc13)/C(=C\c1ccccc1)CC2. The smallest absolute Gasteiger partial charge is 0.252 e. The predicted octanol–water partition coefficient (Wildman–Crippen LogP) is 4.35. The number of benzene rings is 2. The van der Waals surface area contributed by atoms with Crippen molar-refractivity contribution in [3.05, 3.63) is 95.4 Å². The highest BCUT2D eigenvalue weighted by atomic mass is 16.1. The Bertz CT molecular complexity index is 1290. The second-order valence-corrected chi connectivity index (χ2v) is 7.67. The van der Waals surface area contributed by atoms with Crippen LogP contribution in [0.4, 0.5) is 5.95 Å². The number of rotatable bonds is 6. The van der Waals surface area contributed by atoms with Crippen LogP contribution in [0.15, 0.2) is 73.1 Å². The van der Waals surface area contributed by atoms with E-state index in [2.05, 4.69) is 38.8 Å². The molecule has 0 saturated carbocycles.